The van der Waals surface area contributed by atoms with Gasteiger partial charge in [0.1, 0.15) is 1.37 Å². The summed E-state index contributed by atoms with van der Waals surface area (Å²) in [6.45, 7) is 0. The fraction of sp³-hybridized carbons (Fsp3) is 0. The first-order valence-electron chi connectivity index (χ1n) is 3.96. The topological polar surface area (TPSA) is 51.6 Å². The molecule has 1 aromatic heterocycles. The van der Waals surface area contributed by atoms with Crippen LogP contribution in [0.25, 0.3) is 11.4 Å². The molecule has 0 bridgehead atoms. The third kappa shape index (κ3) is 1.27. The van der Waals surface area contributed by atoms with Gasteiger partial charge < -0.3 is 0 Å². The minimum atomic E-state index is -0.167. The van der Waals surface area contributed by atoms with Gasteiger partial charge in [0.25, 0.3) is 0 Å². The number of rotatable bonds is 1. The maximum absolute atomic E-state index is 7.01. The van der Waals surface area contributed by atoms with Crippen LogP contribution in [0.2, 0.25) is 0 Å². The van der Waals surface area contributed by atoms with Gasteiger partial charge in [0.15, 0.2) is 6.30 Å². The van der Waals surface area contributed by atoms with Crippen LogP contribution in [-0.2, 0) is 0 Å². The standard InChI is InChI=1S/C8H6N4/c1-2-4-7(5-3-1)8-11-9-6-10-12-8/h1-6H/i6D. The van der Waals surface area contributed by atoms with Gasteiger partial charge in [-0.2, -0.15) is 0 Å². The van der Waals surface area contributed by atoms with Gasteiger partial charge >= 0.3 is 0 Å². The lowest BCUT2D eigenvalue weighted by Crippen LogP contribution is -1.92. The molecule has 0 fully saturated rings. The van der Waals surface area contributed by atoms with E-state index in [1.807, 2.05) is 30.3 Å². The maximum atomic E-state index is 7.01. The molecular formula is C8H6N4. The SMILES string of the molecule is [2H]c1nnc(-c2ccccc2)nn1. The first kappa shape index (κ1) is 5.77. The van der Waals surface area contributed by atoms with E-state index >= 15 is 0 Å². The maximum Gasteiger partial charge on any atom is 0.203 e. The van der Waals surface area contributed by atoms with Crippen LogP contribution in [0, 0.1) is 0 Å². The monoisotopic (exact) mass is 159 g/mol. The Kier molecular flexibility index (Phi) is 1.46. The van der Waals surface area contributed by atoms with Crippen LogP contribution in [0.3, 0.4) is 0 Å². The van der Waals surface area contributed by atoms with Crippen LogP contribution >= 0.6 is 0 Å². The Bertz CT molecular complexity index is 387. The molecule has 0 spiro atoms. The fourth-order valence-corrected chi connectivity index (χ4v) is 0.882. The molecule has 0 aliphatic rings. The van der Waals surface area contributed by atoms with Gasteiger partial charge in [0, 0.05) is 5.56 Å². The molecule has 0 unspecified atom stereocenters. The normalized spacial score (nSPS) is 10.8. The van der Waals surface area contributed by atoms with Crippen molar-refractivity contribution in [3.63, 3.8) is 0 Å². The van der Waals surface area contributed by atoms with E-state index in [4.69, 9.17) is 1.37 Å². The van der Waals surface area contributed by atoms with E-state index in [2.05, 4.69) is 20.4 Å². The highest BCUT2D eigenvalue weighted by Gasteiger charge is 1.97. The number of hydrogen-bond acceptors (Lipinski definition) is 4. The van der Waals surface area contributed by atoms with E-state index in [0.717, 1.165) is 5.56 Å². The third-order valence-corrected chi connectivity index (χ3v) is 1.41. The molecule has 0 saturated heterocycles. The summed E-state index contributed by atoms with van der Waals surface area (Å²) in [6.07, 6.45) is -0.167. The van der Waals surface area contributed by atoms with Gasteiger partial charge in [-0.15, -0.1) is 20.4 Å². The van der Waals surface area contributed by atoms with Gasteiger partial charge in [-0.25, -0.2) is 0 Å². The zero-order valence-electron chi connectivity index (χ0n) is 7.18. The molecule has 1 aromatic carbocycles. The summed E-state index contributed by atoms with van der Waals surface area (Å²) in [5, 5.41) is 14.5. The van der Waals surface area contributed by atoms with E-state index in [1.165, 1.54) is 0 Å². The van der Waals surface area contributed by atoms with Crippen molar-refractivity contribution in [3.05, 3.63) is 36.6 Å². The van der Waals surface area contributed by atoms with Gasteiger partial charge in [-0.1, -0.05) is 30.3 Å². The Morgan fingerprint density at radius 3 is 2.33 bits per heavy atom. The second-order valence-electron chi connectivity index (χ2n) is 2.19. The largest absolute Gasteiger partial charge is 0.203 e. The number of aromatic nitrogens is 4. The molecule has 58 valence electrons. The van der Waals surface area contributed by atoms with Crippen LogP contribution in [0.4, 0.5) is 0 Å². The molecular weight excluding hydrogens is 152 g/mol. The zero-order valence-corrected chi connectivity index (χ0v) is 6.18. The van der Waals surface area contributed by atoms with Crippen molar-refractivity contribution >= 4 is 0 Å². The van der Waals surface area contributed by atoms with Crippen LogP contribution in [0.5, 0.6) is 0 Å². The summed E-state index contributed by atoms with van der Waals surface area (Å²) >= 11 is 0. The van der Waals surface area contributed by atoms with Crippen molar-refractivity contribution in [1.82, 2.24) is 20.4 Å². The lowest BCUT2D eigenvalue weighted by atomic mass is 10.2. The predicted octanol–water partition coefficient (Wildman–Crippen LogP) is 0.934. The van der Waals surface area contributed by atoms with E-state index in [-0.39, 0.29) is 6.30 Å². The van der Waals surface area contributed by atoms with Crippen LogP contribution in [0.1, 0.15) is 1.37 Å². The van der Waals surface area contributed by atoms with Gasteiger partial charge in [-0.05, 0) is 0 Å². The van der Waals surface area contributed by atoms with E-state index in [9.17, 15) is 0 Å². The predicted molar refractivity (Wildman–Crippen MR) is 43.1 cm³/mol. The van der Waals surface area contributed by atoms with Crippen LogP contribution in [0.15, 0.2) is 36.6 Å². The highest BCUT2D eigenvalue weighted by atomic mass is 15.3. The van der Waals surface area contributed by atoms with Gasteiger partial charge in [0.05, 0.1) is 0 Å². The fourth-order valence-electron chi connectivity index (χ4n) is 0.882. The molecule has 0 N–H and O–H groups in total. The molecule has 12 heavy (non-hydrogen) atoms. The average molecular weight is 159 g/mol. The Morgan fingerprint density at radius 1 is 1.00 bits per heavy atom. The van der Waals surface area contributed by atoms with Crippen molar-refractivity contribution in [1.29, 1.82) is 0 Å². The van der Waals surface area contributed by atoms with E-state index < -0.39 is 0 Å². The minimum absolute atomic E-state index is 0.167. The molecule has 0 saturated carbocycles. The first-order chi connectivity index (χ1) is 6.36. The van der Waals surface area contributed by atoms with Crippen LogP contribution < -0.4 is 0 Å². The van der Waals surface area contributed by atoms with Crippen LogP contribution in [-0.4, -0.2) is 20.4 Å². The van der Waals surface area contributed by atoms with Crippen molar-refractivity contribution in [2.75, 3.05) is 0 Å². The van der Waals surface area contributed by atoms with Crippen molar-refractivity contribution < 1.29 is 1.37 Å². The zero-order chi connectivity index (χ0) is 9.10. The molecule has 1 heterocycles. The summed E-state index contributed by atoms with van der Waals surface area (Å²) in [5.41, 5.74) is 0.850. The molecule has 0 aliphatic heterocycles. The summed E-state index contributed by atoms with van der Waals surface area (Å²) in [6, 6.07) is 9.40. The Hall–Kier alpha value is -1.84. The highest BCUT2D eigenvalue weighted by Crippen LogP contribution is 2.10. The molecule has 2 rings (SSSR count). The Balaban J connectivity index is 2.42. The van der Waals surface area contributed by atoms with Crippen molar-refractivity contribution in [2.45, 2.75) is 0 Å². The second kappa shape index (κ2) is 3.04. The van der Waals surface area contributed by atoms with Crippen molar-refractivity contribution in [3.8, 4) is 11.4 Å². The molecule has 0 amide bonds. The van der Waals surface area contributed by atoms with E-state index in [1.54, 1.807) is 0 Å². The molecule has 0 aliphatic carbocycles. The second-order valence-corrected chi connectivity index (χ2v) is 2.19. The third-order valence-electron chi connectivity index (χ3n) is 1.41. The lowest BCUT2D eigenvalue weighted by Gasteiger charge is -1.93. The smallest absolute Gasteiger partial charge is 0.135 e. The average Bonchev–Trinajstić information content (AvgIpc) is 2.20. The number of hydrogen-bond donors (Lipinski definition) is 0. The van der Waals surface area contributed by atoms with Gasteiger partial charge in [-0.3, -0.25) is 0 Å². The lowest BCUT2D eigenvalue weighted by molar-refractivity contribution is 0.864. The quantitative estimate of drug-likeness (QED) is 0.621. The Morgan fingerprint density at radius 2 is 1.67 bits per heavy atom. The number of benzene rings is 1. The first-order valence-corrected chi connectivity index (χ1v) is 3.46. The van der Waals surface area contributed by atoms with Gasteiger partial charge in [0.2, 0.25) is 5.82 Å². The molecule has 0 atom stereocenters. The summed E-state index contributed by atoms with van der Waals surface area (Å²) in [4.78, 5) is 0. The van der Waals surface area contributed by atoms with Crippen molar-refractivity contribution in [2.24, 2.45) is 0 Å². The summed E-state index contributed by atoms with van der Waals surface area (Å²) in [5.74, 6) is 0.441. The molecule has 4 nitrogen and oxygen atoms in total. The molecule has 0 radical (unpaired) electrons. The highest BCUT2D eigenvalue weighted by molar-refractivity contribution is 5.52. The minimum Gasteiger partial charge on any atom is -0.135 e. The summed E-state index contributed by atoms with van der Waals surface area (Å²) < 4.78 is 7.01. The summed E-state index contributed by atoms with van der Waals surface area (Å²) in [7, 11) is 0. The molecule has 4 heteroatoms. The number of nitrogens with zero attached hydrogens (tertiary/aromatic N) is 4. The molecule has 2 aromatic rings. The van der Waals surface area contributed by atoms with E-state index in [0.29, 0.717) is 5.82 Å². The Labute approximate surface area is 70.7 Å².